The van der Waals surface area contributed by atoms with Gasteiger partial charge in [-0.05, 0) is 24.3 Å². The quantitative estimate of drug-likeness (QED) is 0.636. The first-order valence-corrected chi connectivity index (χ1v) is 6.09. The number of hydrogen-bond donors (Lipinski definition) is 2. The molecule has 2 aromatic heterocycles. The van der Waals surface area contributed by atoms with E-state index in [4.69, 9.17) is 9.83 Å². The molecule has 5 nitrogen and oxygen atoms in total. The Labute approximate surface area is 122 Å². The molecule has 0 spiro atoms. The molecule has 0 bridgehead atoms. The summed E-state index contributed by atoms with van der Waals surface area (Å²) in [5.74, 6) is 0.514. The number of furan rings is 1. The van der Waals surface area contributed by atoms with Crippen LogP contribution in [0.3, 0.4) is 0 Å². The van der Waals surface area contributed by atoms with Crippen LogP contribution in [0, 0.1) is 5.41 Å². The van der Waals surface area contributed by atoms with Crippen molar-refractivity contribution in [3.05, 3.63) is 54.0 Å². The summed E-state index contributed by atoms with van der Waals surface area (Å²) < 4.78 is 8.77. The Balaban J connectivity index is 0.00000147. The number of halogens is 1. The maximum Gasteiger partial charge on any atom is 0.202 e. The smallest absolute Gasteiger partial charge is 0.202 e. The normalized spacial score (nSPS) is 12.3. The number of benzene rings is 1. The first-order chi connectivity index (χ1) is 9.18. The van der Waals surface area contributed by atoms with E-state index in [1.165, 1.54) is 6.26 Å². The highest BCUT2D eigenvalue weighted by Gasteiger charge is 2.15. The average molecular weight is 293 g/mol. The number of nitrogens with one attached hydrogen (secondary N) is 1. The van der Waals surface area contributed by atoms with Crippen molar-refractivity contribution < 1.29 is 21.9 Å². The minimum atomic E-state index is -0.755. The van der Waals surface area contributed by atoms with Gasteiger partial charge >= 0.3 is 0 Å². The maximum atomic E-state index is 10.1. The van der Waals surface area contributed by atoms with Crippen LogP contribution in [0.4, 0.5) is 0 Å². The molecule has 1 unspecified atom stereocenters. The fourth-order valence-electron chi connectivity index (χ4n) is 2.31. The molecule has 6 heteroatoms. The van der Waals surface area contributed by atoms with Crippen LogP contribution in [-0.2, 0) is 13.6 Å². The van der Waals surface area contributed by atoms with Gasteiger partial charge in [-0.2, -0.15) is 0 Å². The number of para-hydroxylation sites is 2. The van der Waals surface area contributed by atoms with E-state index in [9.17, 15) is 5.11 Å². The second-order valence-corrected chi connectivity index (χ2v) is 4.51. The molecule has 20 heavy (non-hydrogen) atoms. The Morgan fingerprint density at radius 1 is 1.20 bits per heavy atom. The van der Waals surface area contributed by atoms with Crippen LogP contribution in [-0.4, -0.2) is 14.2 Å². The van der Waals surface area contributed by atoms with Crippen molar-refractivity contribution in [1.82, 2.24) is 9.13 Å². The zero-order chi connectivity index (χ0) is 13.4. The van der Waals surface area contributed by atoms with Gasteiger partial charge in [0, 0.05) is 7.05 Å². The van der Waals surface area contributed by atoms with Crippen molar-refractivity contribution in [3.8, 4) is 0 Å². The molecule has 0 aliphatic heterocycles. The molecular weight excluding hydrogens is 278 g/mol. The van der Waals surface area contributed by atoms with Gasteiger partial charge in [-0.15, -0.1) is 0 Å². The van der Waals surface area contributed by atoms with Crippen molar-refractivity contribution in [3.63, 3.8) is 0 Å². The van der Waals surface area contributed by atoms with Gasteiger partial charge in [0.1, 0.15) is 11.9 Å². The lowest BCUT2D eigenvalue weighted by molar-refractivity contribution is -0.00000602. The van der Waals surface area contributed by atoms with Gasteiger partial charge in [0.05, 0.1) is 23.8 Å². The Morgan fingerprint density at radius 2 is 1.90 bits per heavy atom. The summed E-state index contributed by atoms with van der Waals surface area (Å²) in [5, 5.41) is 18.3. The van der Waals surface area contributed by atoms with Gasteiger partial charge < -0.3 is 31.1 Å². The maximum absolute atomic E-state index is 10.1. The molecule has 3 rings (SSSR count). The van der Waals surface area contributed by atoms with E-state index in [0.29, 0.717) is 17.9 Å². The fraction of sp³-hybridized carbons (Fsp3) is 0.214. The van der Waals surface area contributed by atoms with Crippen LogP contribution in [0.5, 0.6) is 0 Å². The highest BCUT2D eigenvalue weighted by molar-refractivity contribution is 5.75. The standard InChI is InChI=1S/C14H15N3O2.ClH/c1-16-10-5-2-3-6-11(10)17(14(16)15)9-12(18)13-7-4-8-19-13;/h2-8,12,15,18H,9H2,1H3;1H/p-1. The number of hydrogen-bond acceptors (Lipinski definition) is 3. The van der Waals surface area contributed by atoms with E-state index in [2.05, 4.69) is 0 Å². The lowest BCUT2D eigenvalue weighted by Gasteiger charge is -2.09. The van der Waals surface area contributed by atoms with Crippen LogP contribution in [0.15, 0.2) is 47.1 Å². The molecule has 2 N–H and O–H groups in total. The molecule has 0 fully saturated rings. The summed E-state index contributed by atoms with van der Waals surface area (Å²) in [6.45, 7) is 0.299. The van der Waals surface area contributed by atoms with E-state index in [1.807, 2.05) is 31.3 Å². The van der Waals surface area contributed by atoms with Gasteiger partial charge in [0.2, 0.25) is 5.62 Å². The van der Waals surface area contributed by atoms with Crippen molar-refractivity contribution >= 4 is 11.0 Å². The predicted octanol–water partition coefficient (Wildman–Crippen LogP) is -1.21. The molecule has 0 amide bonds. The van der Waals surface area contributed by atoms with Gasteiger partial charge in [0.25, 0.3) is 0 Å². The summed E-state index contributed by atoms with van der Waals surface area (Å²) in [6.07, 6.45) is 0.781. The minimum absolute atomic E-state index is 0. The number of aromatic nitrogens is 2. The number of aliphatic hydroxyl groups is 1. The summed E-state index contributed by atoms with van der Waals surface area (Å²) in [6, 6.07) is 11.3. The lowest BCUT2D eigenvalue weighted by Crippen LogP contribution is -3.00. The second-order valence-electron chi connectivity index (χ2n) is 4.51. The third-order valence-corrected chi connectivity index (χ3v) is 3.33. The third-order valence-electron chi connectivity index (χ3n) is 3.33. The number of rotatable bonds is 3. The zero-order valence-electron chi connectivity index (χ0n) is 11.0. The SMILES string of the molecule is Cn1c(=N)n(CC(O)c2ccco2)c2ccccc21.[Cl-]. The van der Waals surface area contributed by atoms with Crippen molar-refractivity contribution in [2.75, 3.05) is 0 Å². The molecule has 1 atom stereocenters. The van der Waals surface area contributed by atoms with E-state index < -0.39 is 6.10 Å². The van der Waals surface area contributed by atoms with Gasteiger partial charge in [-0.3, -0.25) is 5.41 Å². The Bertz CT molecular complexity index is 758. The first-order valence-electron chi connectivity index (χ1n) is 6.09. The Kier molecular flexibility index (Phi) is 4.01. The largest absolute Gasteiger partial charge is 1.00 e. The molecule has 0 aliphatic carbocycles. The minimum Gasteiger partial charge on any atom is -1.00 e. The van der Waals surface area contributed by atoms with Crippen LogP contribution in [0.25, 0.3) is 11.0 Å². The molecular formula is C14H15ClN3O2-. The second kappa shape index (κ2) is 5.56. The molecule has 106 valence electrons. The molecule has 3 aromatic rings. The molecule has 0 saturated heterocycles. The van der Waals surface area contributed by atoms with E-state index in [1.54, 1.807) is 21.3 Å². The van der Waals surface area contributed by atoms with Crippen molar-refractivity contribution in [2.45, 2.75) is 12.6 Å². The first kappa shape index (κ1) is 14.4. The van der Waals surface area contributed by atoms with Crippen LogP contribution >= 0.6 is 0 Å². The van der Waals surface area contributed by atoms with E-state index >= 15 is 0 Å². The monoisotopic (exact) mass is 292 g/mol. The summed E-state index contributed by atoms with van der Waals surface area (Å²) >= 11 is 0. The predicted molar refractivity (Wildman–Crippen MR) is 70.4 cm³/mol. The topological polar surface area (TPSA) is 67.1 Å². The van der Waals surface area contributed by atoms with Crippen LogP contribution in [0.2, 0.25) is 0 Å². The number of nitrogens with zero attached hydrogens (tertiary/aromatic N) is 2. The number of aliphatic hydroxyl groups excluding tert-OH is 1. The van der Waals surface area contributed by atoms with Crippen molar-refractivity contribution in [2.24, 2.45) is 7.05 Å². The van der Waals surface area contributed by atoms with Gasteiger partial charge in [-0.1, -0.05) is 12.1 Å². The van der Waals surface area contributed by atoms with Crippen LogP contribution < -0.4 is 18.0 Å². The molecule has 0 aliphatic rings. The molecule has 0 radical (unpaired) electrons. The summed E-state index contributed by atoms with van der Waals surface area (Å²) in [4.78, 5) is 0. The molecule has 1 aromatic carbocycles. The molecule has 0 saturated carbocycles. The van der Waals surface area contributed by atoms with Gasteiger partial charge in [0.15, 0.2) is 0 Å². The zero-order valence-corrected chi connectivity index (χ0v) is 11.7. The Morgan fingerprint density at radius 3 is 2.55 bits per heavy atom. The summed E-state index contributed by atoms with van der Waals surface area (Å²) in [7, 11) is 1.85. The van der Waals surface area contributed by atoms with E-state index in [-0.39, 0.29) is 12.4 Å². The average Bonchev–Trinajstić information content (AvgIpc) is 3.03. The van der Waals surface area contributed by atoms with Crippen LogP contribution in [0.1, 0.15) is 11.9 Å². The lowest BCUT2D eigenvalue weighted by atomic mass is 10.2. The molecule has 2 heterocycles. The number of aryl methyl sites for hydroxylation is 1. The highest BCUT2D eigenvalue weighted by atomic mass is 35.5. The Hall–Kier alpha value is -1.98. The highest BCUT2D eigenvalue weighted by Crippen LogP contribution is 2.18. The van der Waals surface area contributed by atoms with E-state index in [0.717, 1.165) is 11.0 Å². The third kappa shape index (κ3) is 2.26. The van der Waals surface area contributed by atoms with Crippen molar-refractivity contribution in [1.29, 1.82) is 5.41 Å². The number of fused-ring (bicyclic) bond motifs is 1. The summed E-state index contributed by atoms with van der Waals surface area (Å²) in [5.41, 5.74) is 2.26. The number of imidazole rings is 1. The fourth-order valence-corrected chi connectivity index (χ4v) is 2.31. The van der Waals surface area contributed by atoms with Gasteiger partial charge in [-0.25, -0.2) is 0 Å².